The van der Waals surface area contributed by atoms with Crippen molar-refractivity contribution in [3.8, 4) is 0 Å². The van der Waals surface area contributed by atoms with Crippen LogP contribution in [-0.4, -0.2) is 77.3 Å². The first kappa shape index (κ1) is 34.3. The van der Waals surface area contributed by atoms with Crippen LogP contribution in [0.3, 0.4) is 0 Å². The van der Waals surface area contributed by atoms with Crippen molar-refractivity contribution in [2.24, 2.45) is 0 Å². The number of nitrogens with one attached hydrogen (secondary N) is 7. The maximum atomic E-state index is 13.1. The smallest absolute Gasteiger partial charge is 0.407 e. The van der Waals surface area contributed by atoms with E-state index in [2.05, 4.69) is 36.6 Å². The van der Waals surface area contributed by atoms with Crippen LogP contribution in [0, 0.1) is 0 Å². The Hall–Kier alpha value is -5.53. The fourth-order valence-electron chi connectivity index (χ4n) is 4.43. The molecule has 0 aliphatic rings. The van der Waals surface area contributed by atoms with Gasteiger partial charge >= 0.3 is 12.2 Å². The minimum absolute atomic E-state index is 0.203. The topological polar surface area (TPSA) is 196 Å². The summed E-state index contributed by atoms with van der Waals surface area (Å²) < 4.78 is 10.3. The molecule has 0 fully saturated rings. The molecule has 14 heteroatoms. The summed E-state index contributed by atoms with van der Waals surface area (Å²) in [5, 5.41) is 14.9. The van der Waals surface area contributed by atoms with Gasteiger partial charge in [-0.3, -0.25) is 14.4 Å². The molecule has 0 spiro atoms. The summed E-state index contributed by atoms with van der Waals surface area (Å²) in [6.45, 7) is 11.4. The van der Waals surface area contributed by atoms with Gasteiger partial charge in [0.15, 0.2) is 0 Å². The molecule has 47 heavy (non-hydrogen) atoms. The van der Waals surface area contributed by atoms with Crippen molar-refractivity contribution in [2.75, 3.05) is 31.5 Å². The Balaban J connectivity index is 1.29. The minimum atomic E-state index is -0.610. The van der Waals surface area contributed by atoms with Gasteiger partial charge in [0, 0.05) is 59.2 Å². The molecule has 2 aromatic heterocycles. The molecule has 250 valence electrons. The molecule has 0 aliphatic heterocycles. The number of hydrogen-bond donors (Lipinski definition) is 7. The van der Waals surface area contributed by atoms with Gasteiger partial charge in [0.2, 0.25) is 0 Å². The lowest BCUT2D eigenvalue weighted by atomic mass is 10.1. The summed E-state index contributed by atoms with van der Waals surface area (Å²) in [5.41, 5.74) is 1.64. The van der Waals surface area contributed by atoms with E-state index >= 15 is 0 Å². The molecule has 2 aromatic carbocycles. The van der Waals surface area contributed by atoms with Crippen LogP contribution in [0.4, 0.5) is 15.3 Å². The van der Waals surface area contributed by atoms with Crippen LogP contribution in [0.25, 0.3) is 21.8 Å². The number of fused-ring (bicyclic) bond motifs is 2. The van der Waals surface area contributed by atoms with Crippen molar-refractivity contribution < 1.29 is 33.4 Å². The quantitative estimate of drug-likeness (QED) is 0.124. The van der Waals surface area contributed by atoms with E-state index in [9.17, 15) is 24.0 Å². The molecule has 0 radical (unpaired) electrons. The largest absolute Gasteiger partial charge is 0.444 e. The Morgan fingerprint density at radius 2 is 1.11 bits per heavy atom. The van der Waals surface area contributed by atoms with Crippen LogP contribution in [0.5, 0.6) is 0 Å². The Bertz CT molecular complexity index is 1790. The first-order valence-corrected chi connectivity index (χ1v) is 15.1. The molecule has 0 saturated carbocycles. The minimum Gasteiger partial charge on any atom is -0.444 e. The van der Waals surface area contributed by atoms with Crippen molar-refractivity contribution in [3.63, 3.8) is 0 Å². The standard InChI is InChI=1S/C33H41N7O7/c1-32(2,3)46-30(44)36-13-11-34-27(41)20-8-10-23-21(15-20)17-26(39-23)29(43)38-22-9-7-19-16-25(40-24(19)18-22)28(42)35-12-14-37-31(45)47-33(4,5)6/h7-10,15-18,39-40H,11-14H2,1-6H3,(H,34,41)(H,35,42)(H,36,44)(H,37,45)(H,38,43). The molecule has 0 bridgehead atoms. The number of H-pyrrole nitrogens is 2. The van der Waals surface area contributed by atoms with E-state index in [0.717, 1.165) is 5.39 Å². The fourth-order valence-corrected chi connectivity index (χ4v) is 4.43. The van der Waals surface area contributed by atoms with Crippen molar-refractivity contribution >= 4 is 57.4 Å². The van der Waals surface area contributed by atoms with Crippen LogP contribution in [0.15, 0.2) is 48.5 Å². The van der Waals surface area contributed by atoms with E-state index in [1.165, 1.54) is 0 Å². The number of benzene rings is 2. The zero-order valence-corrected chi connectivity index (χ0v) is 27.3. The summed E-state index contributed by atoms with van der Waals surface area (Å²) in [6.07, 6.45) is -1.12. The highest BCUT2D eigenvalue weighted by Crippen LogP contribution is 2.22. The first-order chi connectivity index (χ1) is 22.1. The Labute approximate surface area is 271 Å². The number of rotatable bonds is 10. The predicted octanol–water partition coefficient (Wildman–Crippen LogP) is 4.41. The van der Waals surface area contributed by atoms with Gasteiger partial charge in [-0.05, 0) is 84.0 Å². The molecule has 4 aromatic rings. The van der Waals surface area contributed by atoms with Gasteiger partial charge in [0.1, 0.15) is 22.6 Å². The van der Waals surface area contributed by atoms with Crippen molar-refractivity contribution in [2.45, 2.75) is 52.7 Å². The van der Waals surface area contributed by atoms with E-state index in [1.807, 2.05) is 0 Å². The van der Waals surface area contributed by atoms with Crippen LogP contribution in [0.2, 0.25) is 0 Å². The number of carbonyl (C=O) groups is 5. The summed E-state index contributed by atoms with van der Waals surface area (Å²) in [7, 11) is 0. The summed E-state index contributed by atoms with van der Waals surface area (Å²) >= 11 is 0. The van der Waals surface area contributed by atoms with Gasteiger partial charge in [0.05, 0.1) is 0 Å². The lowest BCUT2D eigenvalue weighted by Crippen LogP contribution is -2.37. The van der Waals surface area contributed by atoms with Crippen molar-refractivity contribution in [3.05, 3.63) is 65.5 Å². The molecule has 14 nitrogen and oxygen atoms in total. The molecular formula is C33H41N7O7. The molecule has 2 heterocycles. The number of ether oxygens (including phenoxy) is 2. The number of alkyl carbamates (subject to hydrolysis) is 2. The highest BCUT2D eigenvalue weighted by Gasteiger charge is 2.18. The van der Waals surface area contributed by atoms with E-state index in [0.29, 0.717) is 39.1 Å². The highest BCUT2D eigenvalue weighted by molar-refractivity contribution is 6.08. The van der Waals surface area contributed by atoms with Crippen LogP contribution < -0.4 is 26.6 Å². The Morgan fingerprint density at radius 3 is 1.72 bits per heavy atom. The monoisotopic (exact) mass is 647 g/mol. The molecule has 0 unspecified atom stereocenters. The summed E-state index contributed by atoms with van der Waals surface area (Å²) in [5.74, 6) is -1.06. The highest BCUT2D eigenvalue weighted by atomic mass is 16.6. The lowest BCUT2D eigenvalue weighted by Gasteiger charge is -2.19. The predicted molar refractivity (Wildman–Crippen MR) is 178 cm³/mol. The number of amides is 5. The van der Waals surface area contributed by atoms with Crippen molar-refractivity contribution in [1.82, 2.24) is 31.2 Å². The molecule has 0 aliphatic carbocycles. The van der Waals surface area contributed by atoms with Crippen LogP contribution >= 0.6 is 0 Å². The molecule has 5 amide bonds. The summed E-state index contributed by atoms with van der Waals surface area (Å²) in [4.78, 5) is 67.9. The third-order valence-electron chi connectivity index (χ3n) is 6.41. The number of aromatic nitrogens is 2. The van der Waals surface area contributed by atoms with Crippen LogP contribution in [0.1, 0.15) is 72.9 Å². The number of carbonyl (C=O) groups excluding carboxylic acids is 5. The van der Waals surface area contributed by atoms with E-state index in [4.69, 9.17) is 9.47 Å². The average Bonchev–Trinajstić information content (AvgIpc) is 3.59. The zero-order valence-electron chi connectivity index (χ0n) is 27.3. The molecule has 4 rings (SSSR count). The van der Waals surface area contributed by atoms with Gasteiger partial charge in [0.25, 0.3) is 17.7 Å². The number of aromatic amines is 2. The molecule has 7 N–H and O–H groups in total. The second-order valence-electron chi connectivity index (χ2n) is 12.8. The normalized spacial score (nSPS) is 11.5. The lowest BCUT2D eigenvalue weighted by molar-refractivity contribution is 0.0516. The maximum absolute atomic E-state index is 13.1. The van der Waals surface area contributed by atoms with E-state index < -0.39 is 23.4 Å². The Morgan fingerprint density at radius 1 is 0.574 bits per heavy atom. The first-order valence-electron chi connectivity index (χ1n) is 15.1. The van der Waals surface area contributed by atoms with Gasteiger partial charge in [-0.1, -0.05) is 6.07 Å². The molecule has 0 saturated heterocycles. The third-order valence-corrected chi connectivity index (χ3v) is 6.41. The van der Waals surface area contributed by atoms with E-state index in [-0.39, 0.29) is 43.9 Å². The number of anilines is 1. The maximum Gasteiger partial charge on any atom is 0.407 e. The second-order valence-corrected chi connectivity index (χ2v) is 12.8. The zero-order chi connectivity index (χ0) is 34.4. The molecule has 0 atom stereocenters. The second kappa shape index (κ2) is 14.3. The van der Waals surface area contributed by atoms with Crippen LogP contribution in [-0.2, 0) is 9.47 Å². The van der Waals surface area contributed by atoms with Gasteiger partial charge in [-0.25, -0.2) is 9.59 Å². The van der Waals surface area contributed by atoms with Crippen molar-refractivity contribution in [1.29, 1.82) is 0 Å². The SMILES string of the molecule is CC(C)(C)OC(=O)NCCNC(=O)c1ccc2[nH]c(C(=O)Nc3ccc4cc(C(=O)NCCNC(=O)OC(C)(C)C)[nH]c4c3)cc2c1. The fraction of sp³-hybridized carbons (Fsp3) is 0.364. The van der Waals surface area contributed by atoms with Gasteiger partial charge in [-0.15, -0.1) is 0 Å². The van der Waals surface area contributed by atoms with Gasteiger partial charge in [-0.2, -0.15) is 0 Å². The third kappa shape index (κ3) is 10.2. The number of hydrogen-bond acceptors (Lipinski definition) is 7. The molecular weight excluding hydrogens is 606 g/mol. The summed E-state index contributed by atoms with van der Waals surface area (Å²) in [6, 6.07) is 13.6. The Kier molecular flexibility index (Phi) is 10.4. The van der Waals surface area contributed by atoms with Gasteiger partial charge < -0.3 is 46.0 Å². The van der Waals surface area contributed by atoms with E-state index in [1.54, 1.807) is 90.1 Å². The average molecular weight is 648 g/mol.